The summed E-state index contributed by atoms with van der Waals surface area (Å²) in [7, 11) is 1.95. The van der Waals surface area contributed by atoms with Gasteiger partial charge >= 0.3 is 0 Å². The van der Waals surface area contributed by atoms with Gasteiger partial charge in [-0.05, 0) is 43.0 Å². The van der Waals surface area contributed by atoms with Gasteiger partial charge in [0, 0.05) is 37.6 Å². The molecule has 1 aliphatic rings. The van der Waals surface area contributed by atoms with Gasteiger partial charge in [0.05, 0.1) is 10.1 Å². The number of amides is 1. The Kier molecular flexibility index (Phi) is 4.51. The summed E-state index contributed by atoms with van der Waals surface area (Å²) >= 11 is 1.55. The smallest absolute Gasteiger partial charge is 0.270 e. The zero-order valence-electron chi connectivity index (χ0n) is 16.4. The van der Waals surface area contributed by atoms with E-state index in [4.69, 9.17) is 0 Å². The first kappa shape index (κ1) is 18.2. The average Bonchev–Trinajstić information content (AvgIpc) is 3.26. The van der Waals surface area contributed by atoms with Crippen LogP contribution in [0.3, 0.4) is 0 Å². The summed E-state index contributed by atoms with van der Waals surface area (Å²) in [5, 5.41) is 1.90. The number of aromatic nitrogens is 2. The number of rotatable bonds is 3. The minimum atomic E-state index is 0.0983. The first-order chi connectivity index (χ1) is 14.1. The molecule has 3 heterocycles. The number of benzene rings is 2. The third-order valence-electron chi connectivity index (χ3n) is 6.05. The first-order valence-corrected chi connectivity index (χ1v) is 10.8. The van der Waals surface area contributed by atoms with Crippen LogP contribution in [0.5, 0.6) is 0 Å². The van der Waals surface area contributed by atoms with Crippen molar-refractivity contribution in [2.24, 2.45) is 13.0 Å². The third-order valence-corrected chi connectivity index (χ3v) is 7.14. The second kappa shape index (κ2) is 7.19. The van der Waals surface area contributed by atoms with Crippen molar-refractivity contribution in [1.82, 2.24) is 13.4 Å². The van der Waals surface area contributed by atoms with Gasteiger partial charge in [0.1, 0.15) is 5.69 Å². The summed E-state index contributed by atoms with van der Waals surface area (Å²) < 4.78 is 4.91. The normalized spacial score (nSPS) is 15.4. The Balaban J connectivity index is 1.28. The maximum absolute atomic E-state index is 13.1. The second-order valence-electron chi connectivity index (χ2n) is 7.84. The van der Waals surface area contributed by atoms with Gasteiger partial charge in [-0.3, -0.25) is 13.5 Å². The summed E-state index contributed by atoms with van der Waals surface area (Å²) in [4.78, 5) is 27.6. The number of aryl methyl sites for hydroxylation is 1. The monoisotopic (exact) mass is 405 g/mol. The molecule has 0 bridgehead atoms. The molecule has 5 rings (SSSR count). The van der Waals surface area contributed by atoms with E-state index in [1.807, 2.05) is 75.1 Å². The van der Waals surface area contributed by atoms with Crippen molar-refractivity contribution in [2.45, 2.75) is 19.4 Å². The van der Waals surface area contributed by atoms with Crippen molar-refractivity contribution in [3.63, 3.8) is 0 Å². The molecule has 0 N–H and O–H groups in total. The third kappa shape index (κ3) is 3.17. The average molecular weight is 406 g/mol. The molecule has 4 aromatic rings. The van der Waals surface area contributed by atoms with Gasteiger partial charge in [-0.15, -0.1) is 0 Å². The van der Waals surface area contributed by atoms with Gasteiger partial charge in [-0.25, -0.2) is 0 Å². The largest absolute Gasteiger partial charge is 0.340 e. The van der Waals surface area contributed by atoms with E-state index in [-0.39, 0.29) is 11.5 Å². The van der Waals surface area contributed by atoms with Gasteiger partial charge in [0.15, 0.2) is 0 Å². The Morgan fingerprint density at radius 3 is 2.55 bits per heavy atom. The molecule has 6 heteroatoms. The van der Waals surface area contributed by atoms with Crippen molar-refractivity contribution in [3.8, 4) is 0 Å². The summed E-state index contributed by atoms with van der Waals surface area (Å²) in [6, 6.07) is 17.9. The number of piperidine rings is 1. The molecule has 0 unspecified atom stereocenters. The maximum atomic E-state index is 13.1. The molecule has 1 fully saturated rings. The number of likely N-dealkylation sites (tertiary alicyclic amines) is 1. The van der Waals surface area contributed by atoms with Gasteiger partial charge in [0.25, 0.3) is 11.5 Å². The summed E-state index contributed by atoms with van der Waals surface area (Å²) in [6.07, 6.45) is 1.85. The molecule has 0 saturated carbocycles. The summed E-state index contributed by atoms with van der Waals surface area (Å²) in [5.41, 5.74) is 1.93. The van der Waals surface area contributed by atoms with Crippen LogP contribution >= 0.6 is 11.5 Å². The Bertz CT molecular complexity index is 1260. The van der Waals surface area contributed by atoms with Crippen LogP contribution in [0.2, 0.25) is 0 Å². The lowest BCUT2D eigenvalue weighted by molar-refractivity contribution is 0.0674. The molecule has 2 aromatic carbocycles. The van der Waals surface area contributed by atoms with Crippen LogP contribution in [0.1, 0.15) is 23.3 Å². The number of carbonyl (C=O) groups excluding carboxylic acids is 1. The molecule has 29 heavy (non-hydrogen) atoms. The van der Waals surface area contributed by atoms with Gasteiger partial charge in [0.2, 0.25) is 0 Å². The summed E-state index contributed by atoms with van der Waals surface area (Å²) in [6.45, 7) is 2.23. The van der Waals surface area contributed by atoms with E-state index in [0.717, 1.165) is 59.2 Å². The highest BCUT2D eigenvalue weighted by atomic mass is 32.1. The van der Waals surface area contributed by atoms with E-state index in [1.165, 1.54) is 0 Å². The van der Waals surface area contributed by atoms with E-state index < -0.39 is 0 Å². The number of para-hydroxylation sites is 1. The van der Waals surface area contributed by atoms with Crippen molar-refractivity contribution >= 4 is 38.4 Å². The topological polar surface area (TPSA) is 47.2 Å². The molecule has 0 atom stereocenters. The van der Waals surface area contributed by atoms with Crippen LogP contribution in [0, 0.1) is 5.92 Å². The van der Waals surface area contributed by atoms with Crippen LogP contribution in [-0.4, -0.2) is 32.4 Å². The standard InChI is InChI=1S/C23H23N3O2S/c1-24-19-8-4-2-6-17(19)14-20(24)23(28)25-12-10-16(11-13-25)15-26-22(27)18-7-3-5-9-21(18)29-26/h2-9,14,16H,10-13,15H2,1H3. The number of hydrogen-bond acceptors (Lipinski definition) is 3. The Morgan fingerprint density at radius 2 is 1.79 bits per heavy atom. The maximum Gasteiger partial charge on any atom is 0.270 e. The van der Waals surface area contributed by atoms with Crippen molar-refractivity contribution < 1.29 is 4.79 Å². The van der Waals surface area contributed by atoms with Crippen LogP contribution < -0.4 is 5.56 Å². The number of hydrogen-bond donors (Lipinski definition) is 0. The molecule has 1 amide bonds. The number of nitrogens with zero attached hydrogens (tertiary/aromatic N) is 3. The Hall–Kier alpha value is -2.86. The lowest BCUT2D eigenvalue weighted by Gasteiger charge is -2.32. The van der Waals surface area contributed by atoms with E-state index in [9.17, 15) is 9.59 Å². The predicted octanol–water partition coefficient (Wildman–Crippen LogP) is 4.11. The highest BCUT2D eigenvalue weighted by molar-refractivity contribution is 7.13. The van der Waals surface area contributed by atoms with Crippen LogP contribution in [0.4, 0.5) is 0 Å². The van der Waals surface area contributed by atoms with Crippen molar-refractivity contribution in [2.75, 3.05) is 13.1 Å². The number of fused-ring (bicyclic) bond motifs is 2. The molecule has 1 aliphatic heterocycles. The summed E-state index contributed by atoms with van der Waals surface area (Å²) in [5.74, 6) is 0.526. The second-order valence-corrected chi connectivity index (χ2v) is 8.90. The zero-order valence-corrected chi connectivity index (χ0v) is 17.2. The van der Waals surface area contributed by atoms with Crippen LogP contribution in [0.25, 0.3) is 21.0 Å². The molecular weight excluding hydrogens is 382 g/mol. The number of carbonyl (C=O) groups is 1. The Labute approximate surface area is 172 Å². The lowest BCUT2D eigenvalue weighted by atomic mass is 9.96. The van der Waals surface area contributed by atoms with E-state index in [0.29, 0.717) is 5.92 Å². The fourth-order valence-corrected chi connectivity index (χ4v) is 5.44. The molecular formula is C23H23N3O2S. The first-order valence-electron chi connectivity index (χ1n) is 10.0. The minimum Gasteiger partial charge on any atom is -0.340 e. The van der Waals surface area contributed by atoms with Gasteiger partial charge in [-0.1, -0.05) is 41.9 Å². The van der Waals surface area contributed by atoms with Crippen LogP contribution in [0.15, 0.2) is 59.4 Å². The minimum absolute atomic E-state index is 0.0983. The zero-order chi connectivity index (χ0) is 20.0. The van der Waals surface area contributed by atoms with Gasteiger partial charge in [-0.2, -0.15) is 0 Å². The predicted molar refractivity (Wildman–Crippen MR) is 118 cm³/mol. The Morgan fingerprint density at radius 1 is 1.07 bits per heavy atom. The molecule has 0 spiro atoms. The molecule has 1 saturated heterocycles. The van der Waals surface area contributed by atoms with Crippen LogP contribution in [-0.2, 0) is 13.6 Å². The van der Waals surface area contributed by atoms with Crippen molar-refractivity contribution in [1.29, 1.82) is 0 Å². The lowest BCUT2D eigenvalue weighted by Crippen LogP contribution is -2.40. The molecule has 0 radical (unpaired) electrons. The quantitative estimate of drug-likeness (QED) is 0.515. The molecule has 0 aliphatic carbocycles. The van der Waals surface area contributed by atoms with E-state index in [1.54, 1.807) is 11.5 Å². The molecule has 148 valence electrons. The molecule has 5 nitrogen and oxygen atoms in total. The highest BCUT2D eigenvalue weighted by Gasteiger charge is 2.26. The molecule has 2 aromatic heterocycles. The highest BCUT2D eigenvalue weighted by Crippen LogP contribution is 2.25. The fraction of sp³-hybridized carbons (Fsp3) is 0.304. The SMILES string of the molecule is Cn1c(C(=O)N2CCC(Cn3sc4ccccc4c3=O)CC2)cc2ccccc21. The van der Waals surface area contributed by atoms with E-state index in [2.05, 4.69) is 0 Å². The van der Waals surface area contributed by atoms with E-state index >= 15 is 0 Å². The van der Waals surface area contributed by atoms with Gasteiger partial charge < -0.3 is 9.47 Å². The fourth-order valence-electron chi connectivity index (χ4n) is 4.35. The van der Waals surface area contributed by atoms with Crippen molar-refractivity contribution in [3.05, 3.63) is 70.6 Å².